The molecule has 122 valence electrons. The van der Waals surface area contributed by atoms with Crippen molar-refractivity contribution in [2.75, 3.05) is 5.32 Å². The van der Waals surface area contributed by atoms with Crippen molar-refractivity contribution in [1.82, 2.24) is 9.55 Å². The molecule has 0 spiro atoms. The van der Waals surface area contributed by atoms with Gasteiger partial charge in [0.15, 0.2) is 0 Å². The second-order valence-electron chi connectivity index (χ2n) is 5.56. The largest absolute Gasteiger partial charge is 0.348 e. The van der Waals surface area contributed by atoms with Crippen molar-refractivity contribution < 1.29 is 4.79 Å². The van der Waals surface area contributed by atoms with Gasteiger partial charge in [0, 0.05) is 22.1 Å². The van der Waals surface area contributed by atoms with Crippen LogP contribution in [-0.4, -0.2) is 15.5 Å². The lowest BCUT2D eigenvalue weighted by molar-refractivity contribution is -0.119. The van der Waals surface area contributed by atoms with Gasteiger partial charge in [0.05, 0.1) is 0 Å². The van der Waals surface area contributed by atoms with Crippen molar-refractivity contribution in [2.24, 2.45) is 0 Å². The zero-order valence-electron chi connectivity index (χ0n) is 13.7. The van der Waals surface area contributed by atoms with Crippen LogP contribution in [0.1, 0.15) is 36.3 Å². The average molecular weight is 334 g/mol. The molecule has 0 saturated carbocycles. The Labute approximate surface area is 140 Å². The number of carbonyl (C=O) groups excluding carboxylic acids is 1. The molecule has 0 aliphatic carbocycles. The fourth-order valence-corrected chi connectivity index (χ4v) is 2.74. The van der Waals surface area contributed by atoms with Crippen molar-refractivity contribution in [2.45, 2.75) is 40.2 Å². The third kappa shape index (κ3) is 3.79. The van der Waals surface area contributed by atoms with Gasteiger partial charge in [-0.05, 0) is 51.0 Å². The molecule has 2 aromatic rings. The summed E-state index contributed by atoms with van der Waals surface area (Å²) in [6.07, 6.45) is 0.483. The molecule has 5 nitrogen and oxygen atoms in total. The fourth-order valence-electron chi connectivity index (χ4n) is 2.57. The lowest BCUT2D eigenvalue weighted by atomic mass is 10.1. The highest BCUT2D eigenvalue weighted by Crippen LogP contribution is 2.22. The van der Waals surface area contributed by atoms with Gasteiger partial charge in [0.2, 0.25) is 5.91 Å². The van der Waals surface area contributed by atoms with E-state index in [1.165, 1.54) is 4.57 Å². The third-order valence-corrected chi connectivity index (χ3v) is 3.97. The molecule has 1 N–H and O–H groups in total. The average Bonchev–Trinajstić information content (AvgIpc) is 2.46. The highest BCUT2D eigenvalue weighted by atomic mass is 35.5. The molecule has 23 heavy (non-hydrogen) atoms. The molecule has 1 atom stereocenters. The van der Waals surface area contributed by atoms with E-state index in [0.29, 0.717) is 28.5 Å². The maximum absolute atomic E-state index is 12.7. The highest BCUT2D eigenvalue weighted by Gasteiger charge is 2.22. The smallest absolute Gasteiger partial charge is 0.324 e. The molecule has 0 aliphatic rings. The van der Waals surface area contributed by atoms with Crippen LogP contribution < -0.4 is 11.0 Å². The summed E-state index contributed by atoms with van der Waals surface area (Å²) in [5.74, 6) is -0.256. The first-order chi connectivity index (χ1) is 10.8. The van der Waals surface area contributed by atoms with Crippen LogP contribution >= 0.6 is 11.6 Å². The summed E-state index contributed by atoms with van der Waals surface area (Å²) in [7, 11) is 0. The van der Waals surface area contributed by atoms with E-state index in [4.69, 9.17) is 11.6 Å². The Hall–Kier alpha value is -2.14. The molecule has 1 amide bonds. The maximum atomic E-state index is 12.7. The van der Waals surface area contributed by atoms with Gasteiger partial charge in [-0.3, -0.25) is 9.36 Å². The molecular formula is C17H20ClN3O2. The molecule has 0 bridgehead atoms. The molecule has 0 radical (unpaired) electrons. The number of aryl methyl sites for hydroxylation is 3. The number of benzene rings is 1. The van der Waals surface area contributed by atoms with Crippen LogP contribution in [0.15, 0.2) is 29.1 Å². The van der Waals surface area contributed by atoms with E-state index in [1.807, 2.05) is 19.9 Å². The van der Waals surface area contributed by atoms with Crippen LogP contribution in [0.2, 0.25) is 5.02 Å². The summed E-state index contributed by atoms with van der Waals surface area (Å²) >= 11 is 5.98. The SMILES string of the molecule is CC[C@H](C(=O)Nc1cc(Cl)ccc1C)n1c(C)cc(C)nc1=O. The number of hydrogen-bond acceptors (Lipinski definition) is 3. The fraction of sp³-hybridized carbons (Fsp3) is 0.353. The summed E-state index contributed by atoms with van der Waals surface area (Å²) in [6, 6.07) is 6.48. The summed E-state index contributed by atoms with van der Waals surface area (Å²) < 4.78 is 1.43. The van der Waals surface area contributed by atoms with Crippen molar-refractivity contribution in [3.8, 4) is 0 Å². The number of aromatic nitrogens is 2. The minimum absolute atomic E-state index is 0.256. The van der Waals surface area contributed by atoms with Gasteiger partial charge in [-0.1, -0.05) is 24.6 Å². The van der Waals surface area contributed by atoms with Gasteiger partial charge in [-0.15, -0.1) is 0 Å². The lowest BCUT2D eigenvalue weighted by Gasteiger charge is -2.20. The van der Waals surface area contributed by atoms with E-state index >= 15 is 0 Å². The lowest BCUT2D eigenvalue weighted by Crippen LogP contribution is -2.36. The Morgan fingerprint density at radius 3 is 2.61 bits per heavy atom. The molecule has 1 aromatic heterocycles. The molecule has 1 aromatic carbocycles. The van der Waals surface area contributed by atoms with Gasteiger partial charge in [0.25, 0.3) is 0 Å². The van der Waals surface area contributed by atoms with Crippen molar-refractivity contribution in [1.29, 1.82) is 0 Å². The summed E-state index contributed by atoms with van der Waals surface area (Å²) in [5.41, 5.74) is 2.50. The standard InChI is InChI=1S/C17H20ClN3O2/c1-5-15(21-12(4)8-11(3)19-17(21)23)16(22)20-14-9-13(18)7-6-10(14)2/h6-9,15H,5H2,1-4H3,(H,20,22)/t15-/m1/s1. The number of nitrogens with one attached hydrogen (secondary N) is 1. The van der Waals surface area contributed by atoms with Crippen LogP contribution in [0.5, 0.6) is 0 Å². The molecule has 0 saturated heterocycles. The summed E-state index contributed by atoms with van der Waals surface area (Å²) in [6.45, 7) is 7.31. The number of anilines is 1. The molecule has 0 unspecified atom stereocenters. The minimum atomic E-state index is -0.617. The maximum Gasteiger partial charge on any atom is 0.348 e. The second kappa shape index (κ2) is 6.96. The predicted octanol–water partition coefficient (Wildman–Crippen LogP) is 3.41. The van der Waals surface area contributed by atoms with Gasteiger partial charge in [-0.2, -0.15) is 4.98 Å². The summed E-state index contributed by atoms with van der Waals surface area (Å²) in [4.78, 5) is 28.8. The minimum Gasteiger partial charge on any atom is -0.324 e. The van der Waals surface area contributed by atoms with Crippen molar-refractivity contribution in [3.63, 3.8) is 0 Å². The van der Waals surface area contributed by atoms with Crippen LogP contribution in [0.4, 0.5) is 5.69 Å². The second-order valence-corrected chi connectivity index (χ2v) is 6.00. The van der Waals surface area contributed by atoms with Gasteiger partial charge in [0.1, 0.15) is 6.04 Å². The number of amides is 1. The van der Waals surface area contributed by atoms with Gasteiger partial charge in [-0.25, -0.2) is 4.79 Å². The molecular weight excluding hydrogens is 314 g/mol. The highest BCUT2D eigenvalue weighted by molar-refractivity contribution is 6.31. The quantitative estimate of drug-likeness (QED) is 0.932. The third-order valence-electron chi connectivity index (χ3n) is 3.73. The Balaban J connectivity index is 2.36. The molecule has 1 heterocycles. The van der Waals surface area contributed by atoms with Crippen LogP contribution in [-0.2, 0) is 4.79 Å². The first kappa shape index (κ1) is 17.2. The number of rotatable bonds is 4. The zero-order chi connectivity index (χ0) is 17.1. The topological polar surface area (TPSA) is 64.0 Å². The number of halogens is 1. The molecule has 0 fully saturated rings. The Bertz CT molecular complexity index is 799. The van der Waals surface area contributed by atoms with E-state index < -0.39 is 11.7 Å². The van der Waals surface area contributed by atoms with Crippen LogP contribution in [0.3, 0.4) is 0 Å². The predicted molar refractivity (Wildman–Crippen MR) is 92.1 cm³/mol. The van der Waals surface area contributed by atoms with E-state index in [1.54, 1.807) is 32.0 Å². The Kier molecular flexibility index (Phi) is 5.21. The number of nitrogens with zero attached hydrogens (tertiary/aromatic N) is 2. The van der Waals surface area contributed by atoms with E-state index in [2.05, 4.69) is 10.3 Å². The molecule has 0 aliphatic heterocycles. The van der Waals surface area contributed by atoms with Crippen molar-refractivity contribution in [3.05, 3.63) is 56.7 Å². The van der Waals surface area contributed by atoms with Crippen molar-refractivity contribution >= 4 is 23.2 Å². The number of carbonyl (C=O) groups is 1. The van der Waals surface area contributed by atoms with Gasteiger partial charge < -0.3 is 5.32 Å². The van der Waals surface area contributed by atoms with E-state index in [9.17, 15) is 9.59 Å². The van der Waals surface area contributed by atoms with E-state index in [0.717, 1.165) is 5.56 Å². The molecule has 6 heteroatoms. The summed E-state index contributed by atoms with van der Waals surface area (Å²) in [5, 5.41) is 3.40. The van der Waals surface area contributed by atoms with E-state index in [-0.39, 0.29) is 5.91 Å². The monoisotopic (exact) mass is 333 g/mol. The van der Waals surface area contributed by atoms with Gasteiger partial charge >= 0.3 is 5.69 Å². The van der Waals surface area contributed by atoms with Crippen LogP contribution in [0.25, 0.3) is 0 Å². The number of hydrogen-bond donors (Lipinski definition) is 1. The first-order valence-corrected chi connectivity index (χ1v) is 7.85. The Morgan fingerprint density at radius 2 is 2.00 bits per heavy atom. The Morgan fingerprint density at radius 1 is 1.30 bits per heavy atom. The normalized spacial score (nSPS) is 12.0. The zero-order valence-corrected chi connectivity index (χ0v) is 14.4. The first-order valence-electron chi connectivity index (χ1n) is 7.47. The molecule has 2 rings (SSSR count). The van der Waals surface area contributed by atoms with Crippen LogP contribution in [0, 0.1) is 20.8 Å².